The minimum atomic E-state index is -0.248. The Morgan fingerprint density at radius 3 is 2.81 bits per heavy atom. The lowest BCUT2D eigenvalue weighted by atomic mass is 9.82. The number of carbonyl (C=O) groups excluding carboxylic acids is 1. The molecular weight excluding hydrogens is 204 g/mol. The van der Waals surface area contributed by atoms with Gasteiger partial charge in [0, 0.05) is 6.04 Å². The number of carbonyl (C=O) groups is 1. The maximum Gasteiger partial charge on any atom is 0.255 e. The number of nitrogens with one attached hydrogen (secondary N) is 1. The highest BCUT2D eigenvalue weighted by molar-refractivity contribution is 5.98. The predicted octanol–water partition coefficient (Wildman–Crippen LogP) is 1.50. The number of hydrogen-bond donors (Lipinski definition) is 3. The molecule has 0 heterocycles. The van der Waals surface area contributed by atoms with Gasteiger partial charge in [0.05, 0.1) is 11.3 Å². The first-order valence-electron chi connectivity index (χ1n) is 5.46. The van der Waals surface area contributed by atoms with Crippen molar-refractivity contribution in [3.05, 3.63) is 23.8 Å². The van der Waals surface area contributed by atoms with E-state index in [1.165, 1.54) is 0 Å². The third-order valence-electron chi connectivity index (χ3n) is 3.02. The summed E-state index contributed by atoms with van der Waals surface area (Å²) in [5.74, 6) is 0.300. The van der Waals surface area contributed by atoms with Crippen LogP contribution in [-0.2, 0) is 0 Å². The van der Waals surface area contributed by atoms with Crippen LogP contribution in [0.2, 0.25) is 0 Å². The Morgan fingerprint density at radius 2 is 2.19 bits per heavy atom. The molecule has 1 amide bonds. The van der Waals surface area contributed by atoms with E-state index in [2.05, 4.69) is 12.2 Å². The minimum Gasteiger partial charge on any atom is -0.505 e. The van der Waals surface area contributed by atoms with E-state index in [4.69, 9.17) is 5.73 Å². The third kappa shape index (κ3) is 1.96. The molecule has 0 spiro atoms. The molecule has 0 unspecified atom stereocenters. The van der Waals surface area contributed by atoms with Gasteiger partial charge in [0.25, 0.3) is 5.91 Å². The van der Waals surface area contributed by atoms with Crippen molar-refractivity contribution >= 4 is 11.6 Å². The average Bonchev–Trinajstić information content (AvgIpc) is 2.19. The van der Waals surface area contributed by atoms with Crippen molar-refractivity contribution in [1.82, 2.24) is 5.32 Å². The van der Waals surface area contributed by atoms with E-state index >= 15 is 0 Å². The number of amides is 1. The van der Waals surface area contributed by atoms with Gasteiger partial charge in [-0.25, -0.2) is 0 Å². The molecule has 1 aromatic carbocycles. The number of nitrogens with two attached hydrogens (primary N) is 1. The Kier molecular flexibility index (Phi) is 2.73. The van der Waals surface area contributed by atoms with Crippen LogP contribution in [0.25, 0.3) is 0 Å². The molecule has 1 aliphatic carbocycles. The van der Waals surface area contributed by atoms with Crippen molar-refractivity contribution in [2.45, 2.75) is 25.8 Å². The van der Waals surface area contributed by atoms with Crippen LogP contribution in [-0.4, -0.2) is 17.1 Å². The number of para-hydroxylation sites is 1. The van der Waals surface area contributed by atoms with Crippen molar-refractivity contribution in [3.63, 3.8) is 0 Å². The molecule has 1 fully saturated rings. The molecule has 16 heavy (non-hydrogen) atoms. The smallest absolute Gasteiger partial charge is 0.255 e. The van der Waals surface area contributed by atoms with Crippen LogP contribution in [0.1, 0.15) is 30.1 Å². The van der Waals surface area contributed by atoms with Crippen LogP contribution in [0, 0.1) is 5.92 Å². The summed E-state index contributed by atoms with van der Waals surface area (Å²) in [6.45, 7) is 2.15. The quantitative estimate of drug-likeness (QED) is 0.522. The molecule has 0 atom stereocenters. The van der Waals surface area contributed by atoms with Crippen LogP contribution in [0.5, 0.6) is 5.75 Å². The topological polar surface area (TPSA) is 75.4 Å². The number of nitrogen functional groups attached to an aromatic ring is 1. The largest absolute Gasteiger partial charge is 0.505 e. The van der Waals surface area contributed by atoms with Gasteiger partial charge >= 0.3 is 0 Å². The zero-order chi connectivity index (χ0) is 11.7. The monoisotopic (exact) mass is 220 g/mol. The molecule has 1 saturated carbocycles. The Labute approximate surface area is 94.5 Å². The molecule has 1 aromatic rings. The van der Waals surface area contributed by atoms with Crippen molar-refractivity contribution in [2.24, 2.45) is 5.92 Å². The van der Waals surface area contributed by atoms with E-state index in [0.29, 0.717) is 5.92 Å². The van der Waals surface area contributed by atoms with Gasteiger partial charge in [-0.05, 0) is 30.9 Å². The lowest BCUT2D eigenvalue weighted by molar-refractivity contribution is 0.0893. The first-order valence-corrected chi connectivity index (χ1v) is 5.46. The summed E-state index contributed by atoms with van der Waals surface area (Å²) in [5.41, 5.74) is 6.01. The fourth-order valence-corrected chi connectivity index (χ4v) is 2.03. The van der Waals surface area contributed by atoms with Crippen molar-refractivity contribution in [1.29, 1.82) is 0 Å². The molecule has 0 aliphatic heterocycles. The normalized spacial score (nSPS) is 23.6. The molecule has 0 aromatic heterocycles. The molecule has 4 heteroatoms. The number of aromatic hydroxyl groups is 1. The number of phenolic OH excluding ortho intramolecular Hbond substituents is 1. The van der Waals surface area contributed by atoms with Crippen LogP contribution in [0.3, 0.4) is 0 Å². The Hall–Kier alpha value is -1.71. The summed E-state index contributed by atoms with van der Waals surface area (Å²) >= 11 is 0. The van der Waals surface area contributed by atoms with Gasteiger partial charge in [0.1, 0.15) is 0 Å². The van der Waals surface area contributed by atoms with E-state index in [1.54, 1.807) is 18.2 Å². The highest BCUT2D eigenvalue weighted by Gasteiger charge is 2.27. The Bertz CT molecular complexity index is 411. The van der Waals surface area contributed by atoms with Crippen LogP contribution in [0.15, 0.2) is 18.2 Å². The van der Waals surface area contributed by atoms with Crippen LogP contribution >= 0.6 is 0 Å². The molecule has 4 N–H and O–H groups in total. The van der Waals surface area contributed by atoms with Gasteiger partial charge in [-0.2, -0.15) is 0 Å². The van der Waals surface area contributed by atoms with Gasteiger partial charge in [-0.3, -0.25) is 4.79 Å². The number of benzene rings is 1. The van der Waals surface area contributed by atoms with Crippen molar-refractivity contribution < 1.29 is 9.90 Å². The number of phenols is 1. The first-order chi connectivity index (χ1) is 7.58. The van der Waals surface area contributed by atoms with Crippen LogP contribution in [0.4, 0.5) is 5.69 Å². The summed E-state index contributed by atoms with van der Waals surface area (Å²) < 4.78 is 0. The van der Waals surface area contributed by atoms with Crippen LogP contribution < -0.4 is 11.1 Å². The predicted molar refractivity (Wildman–Crippen MR) is 62.2 cm³/mol. The fraction of sp³-hybridized carbons (Fsp3) is 0.417. The van der Waals surface area contributed by atoms with Crippen molar-refractivity contribution in [2.75, 3.05) is 5.73 Å². The molecule has 0 bridgehead atoms. The van der Waals surface area contributed by atoms with E-state index in [9.17, 15) is 9.90 Å². The SMILES string of the molecule is CC1CC(NC(=O)c2cccc(N)c2O)C1. The zero-order valence-electron chi connectivity index (χ0n) is 9.23. The third-order valence-corrected chi connectivity index (χ3v) is 3.02. The lowest BCUT2D eigenvalue weighted by Crippen LogP contribution is -2.43. The van der Waals surface area contributed by atoms with Crippen molar-refractivity contribution in [3.8, 4) is 5.75 Å². The summed E-state index contributed by atoms with van der Waals surface area (Å²) in [6.07, 6.45) is 2.02. The fourth-order valence-electron chi connectivity index (χ4n) is 2.03. The molecular formula is C12H16N2O2. The molecule has 86 valence electrons. The highest BCUT2D eigenvalue weighted by Crippen LogP contribution is 2.28. The highest BCUT2D eigenvalue weighted by atomic mass is 16.3. The standard InChI is InChI=1S/C12H16N2O2/c1-7-5-8(6-7)14-12(16)9-3-2-4-10(13)11(9)15/h2-4,7-8,15H,5-6,13H2,1H3,(H,14,16). The average molecular weight is 220 g/mol. The Morgan fingerprint density at radius 1 is 1.50 bits per heavy atom. The zero-order valence-corrected chi connectivity index (χ0v) is 9.23. The van der Waals surface area contributed by atoms with Gasteiger partial charge in [-0.15, -0.1) is 0 Å². The Balaban J connectivity index is 2.06. The first kappa shape index (κ1) is 10.8. The van der Waals surface area contributed by atoms with E-state index in [1.807, 2.05) is 0 Å². The molecule has 2 rings (SSSR count). The second-order valence-corrected chi connectivity index (χ2v) is 4.49. The summed E-state index contributed by atoms with van der Waals surface area (Å²) in [5, 5.41) is 12.5. The number of anilines is 1. The van der Waals surface area contributed by atoms with E-state index in [0.717, 1.165) is 12.8 Å². The maximum atomic E-state index is 11.8. The minimum absolute atomic E-state index is 0.132. The van der Waals surface area contributed by atoms with Gasteiger partial charge in [-0.1, -0.05) is 13.0 Å². The lowest BCUT2D eigenvalue weighted by Gasteiger charge is -2.33. The summed E-state index contributed by atoms with van der Waals surface area (Å²) in [4.78, 5) is 11.8. The van der Waals surface area contributed by atoms with Gasteiger partial charge < -0.3 is 16.2 Å². The number of hydrogen-bond acceptors (Lipinski definition) is 3. The maximum absolute atomic E-state index is 11.8. The van der Waals surface area contributed by atoms with E-state index in [-0.39, 0.29) is 28.9 Å². The molecule has 4 nitrogen and oxygen atoms in total. The second kappa shape index (κ2) is 4.04. The molecule has 0 saturated heterocycles. The van der Waals surface area contributed by atoms with Gasteiger partial charge in [0.2, 0.25) is 0 Å². The summed E-state index contributed by atoms with van der Waals surface area (Å²) in [6, 6.07) is 5.04. The molecule has 0 radical (unpaired) electrons. The number of rotatable bonds is 2. The van der Waals surface area contributed by atoms with Gasteiger partial charge in [0.15, 0.2) is 5.75 Å². The second-order valence-electron chi connectivity index (χ2n) is 4.49. The molecule has 1 aliphatic rings. The van der Waals surface area contributed by atoms with E-state index < -0.39 is 0 Å². The summed E-state index contributed by atoms with van der Waals surface area (Å²) in [7, 11) is 0.